The van der Waals surface area contributed by atoms with Crippen molar-refractivity contribution in [3.63, 3.8) is 0 Å². The van der Waals surface area contributed by atoms with E-state index in [4.69, 9.17) is 4.74 Å². The van der Waals surface area contributed by atoms with Gasteiger partial charge in [0, 0.05) is 0 Å². The molecular formula is C22H38O. The number of rotatable bonds is 10. The molecule has 0 aliphatic heterocycles. The zero-order chi connectivity index (χ0) is 16.3. The summed E-state index contributed by atoms with van der Waals surface area (Å²) in [6, 6.07) is 0. The summed E-state index contributed by atoms with van der Waals surface area (Å²) in [7, 11) is 0. The molecule has 1 nitrogen and oxygen atoms in total. The Morgan fingerprint density at radius 2 is 1.22 bits per heavy atom. The van der Waals surface area contributed by atoms with Gasteiger partial charge in [0.1, 0.15) is 0 Å². The average molecular weight is 319 g/mol. The van der Waals surface area contributed by atoms with Crippen LogP contribution in [0.25, 0.3) is 0 Å². The molecule has 0 aromatic heterocycles. The monoisotopic (exact) mass is 318 g/mol. The lowest BCUT2D eigenvalue weighted by atomic mass is 9.76. The maximum absolute atomic E-state index is 5.80. The van der Waals surface area contributed by atoms with E-state index in [2.05, 4.69) is 19.2 Å². The van der Waals surface area contributed by atoms with Crippen molar-refractivity contribution in [2.45, 2.75) is 89.6 Å². The number of unbranched alkanes of at least 4 members (excludes halogenated alkanes) is 1. The number of allylic oxidation sites excluding steroid dienone is 1. The Morgan fingerprint density at radius 1 is 0.696 bits per heavy atom. The van der Waals surface area contributed by atoms with Crippen LogP contribution in [0, 0.1) is 17.8 Å². The van der Waals surface area contributed by atoms with Gasteiger partial charge in [-0.1, -0.05) is 57.1 Å². The molecule has 2 aliphatic carbocycles. The van der Waals surface area contributed by atoms with Crippen molar-refractivity contribution in [1.29, 1.82) is 0 Å². The molecule has 132 valence electrons. The van der Waals surface area contributed by atoms with Crippen molar-refractivity contribution in [3.05, 3.63) is 25.3 Å². The van der Waals surface area contributed by atoms with Gasteiger partial charge in [-0.15, -0.1) is 13.2 Å². The molecule has 0 aromatic rings. The summed E-state index contributed by atoms with van der Waals surface area (Å²) in [5, 5.41) is 0. The maximum atomic E-state index is 5.80. The Bertz CT molecular complexity index is 319. The van der Waals surface area contributed by atoms with Crippen LogP contribution in [-0.4, -0.2) is 12.7 Å². The van der Waals surface area contributed by atoms with E-state index in [0.717, 1.165) is 24.4 Å². The molecule has 0 N–H and O–H groups in total. The molecule has 1 heteroatoms. The van der Waals surface area contributed by atoms with Crippen LogP contribution in [0.4, 0.5) is 0 Å². The van der Waals surface area contributed by atoms with Crippen molar-refractivity contribution in [1.82, 2.24) is 0 Å². The molecular weight excluding hydrogens is 280 g/mol. The van der Waals surface area contributed by atoms with E-state index in [1.54, 1.807) is 0 Å². The minimum absolute atomic E-state index is 0.509. The SMILES string of the molecule is C=CCCCC1CCC(CCC2CCC(OCC=C)CC2)CC1. The Labute approximate surface area is 144 Å². The van der Waals surface area contributed by atoms with Crippen LogP contribution in [0.15, 0.2) is 25.3 Å². The fraction of sp³-hybridized carbons (Fsp3) is 0.818. The van der Waals surface area contributed by atoms with E-state index in [1.165, 1.54) is 83.5 Å². The van der Waals surface area contributed by atoms with E-state index in [1.807, 2.05) is 6.08 Å². The summed E-state index contributed by atoms with van der Waals surface area (Å²) in [6.07, 6.45) is 22.7. The highest BCUT2D eigenvalue weighted by atomic mass is 16.5. The first-order valence-electron chi connectivity index (χ1n) is 10.1. The highest BCUT2D eigenvalue weighted by Gasteiger charge is 2.24. The van der Waals surface area contributed by atoms with Gasteiger partial charge in [0.2, 0.25) is 0 Å². The Kier molecular flexibility index (Phi) is 9.04. The van der Waals surface area contributed by atoms with E-state index < -0.39 is 0 Å². The van der Waals surface area contributed by atoms with Gasteiger partial charge in [-0.05, 0) is 56.3 Å². The number of hydrogen-bond acceptors (Lipinski definition) is 1. The fourth-order valence-corrected chi connectivity index (χ4v) is 4.62. The minimum Gasteiger partial charge on any atom is -0.374 e. The van der Waals surface area contributed by atoms with Gasteiger partial charge < -0.3 is 4.74 Å². The molecule has 0 aromatic carbocycles. The van der Waals surface area contributed by atoms with Crippen LogP contribution < -0.4 is 0 Å². The van der Waals surface area contributed by atoms with Crippen molar-refractivity contribution in [3.8, 4) is 0 Å². The van der Waals surface area contributed by atoms with Gasteiger partial charge in [0.15, 0.2) is 0 Å². The molecule has 0 atom stereocenters. The molecule has 0 bridgehead atoms. The topological polar surface area (TPSA) is 9.23 Å². The summed E-state index contributed by atoms with van der Waals surface area (Å²) in [5.74, 6) is 3.02. The predicted molar refractivity (Wildman–Crippen MR) is 101 cm³/mol. The molecule has 2 saturated carbocycles. The van der Waals surface area contributed by atoms with Crippen molar-refractivity contribution < 1.29 is 4.74 Å². The van der Waals surface area contributed by atoms with Crippen molar-refractivity contribution >= 4 is 0 Å². The average Bonchev–Trinajstić information content (AvgIpc) is 2.60. The van der Waals surface area contributed by atoms with Crippen molar-refractivity contribution in [2.24, 2.45) is 17.8 Å². The van der Waals surface area contributed by atoms with E-state index >= 15 is 0 Å². The third kappa shape index (κ3) is 7.25. The summed E-state index contributed by atoms with van der Waals surface area (Å²) in [6.45, 7) is 8.30. The number of ether oxygens (including phenoxy) is 1. The third-order valence-electron chi connectivity index (χ3n) is 6.21. The van der Waals surface area contributed by atoms with Crippen molar-refractivity contribution in [2.75, 3.05) is 6.61 Å². The van der Waals surface area contributed by atoms with Crippen LogP contribution in [0.2, 0.25) is 0 Å². The maximum Gasteiger partial charge on any atom is 0.0648 e. The number of hydrogen-bond donors (Lipinski definition) is 0. The van der Waals surface area contributed by atoms with E-state index in [-0.39, 0.29) is 0 Å². The second-order valence-electron chi connectivity index (χ2n) is 7.95. The molecule has 0 amide bonds. The first kappa shape index (κ1) is 18.8. The van der Waals surface area contributed by atoms with Crippen LogP contribution >= 0.6 is 0 Å². The molecule has 2 rings (SSSR count). The van der Waals surface area contributed by atoms with E-state index in [9.17, 15) is 0 Å². The highest BCUT2D eigenvalue weighted by molar-refractivity contribution is 4.78. The minimum atomic E-state index is 0.509. The van der Waals surface area contributed by atoms with Gasteiger partial charge in [0.05, 0.1) is 12.7 Å². The lowest BCUT2D eigenvalue weighted by molar-refractivity contribution is 0.0326. The van der Waals surface area contributed by atoms with Gasteiger partial charge in [0.25, 0.3) is 0 Å². The standard InChI is InChI=1S/C22H38O/c1-3-5-6-7-19-8-10-20(11-9-19)12-13-21-14-16-22(17-15-21)23-18-4-2/h3-4,19-22H,1-2,5-18H2. The summed E-state index contributed by atoms with van der Waals surface area (Å²) >= 11 is 0. The first-order valence-corrected chi connectivity index (χ1v) is 10.1. The highest BCUT2D eigenvalue weighted by Crippen LogP contribution is 2.37. The lowest BCUT2D eigenvalue weighted by Gasteiger charge is -2.32. The Hall–Kier alpha value is -0.560. The molecule has 0 radical (unpaired) electrons. The van der Waals surface area contributed by atoms with E-state index in [0.29, 0.717) is 6.10 Å². The van der Waals surface area contributed by atoms with Gasteiger partial charge in [-0.3, -0.25) is 0 Å². The normalized spacial score (nSPS) is 31.7. The van der Waals surface area contributed by atoms with Crippen LogP contribution in [0.5, 0.6) is 0 Å². The molecule has 0 saturated heterocycles. The molecule has 0 spiro atoms. The first-order chi connectivity index (χ1) is 11.3. The van der Waals surface area contributed by atoms with Crippen LogP contribution in [0.3, 0.4) is 0 Å². The molecule has 23 heavy (non-hydrogen) atoms. The predicted octanol–water partition coefficient (Wildman–Crippen LogP) is 6.69. The molecule has 2 aliphatic rings. The largest absolute Gasteiger partial charge is 0.374 e. The lowest BCUT2D eigenvalue weighted by Crippen LogP contribution is -2.22. The second-order valence-corrected chi connectivity index (χ2v) is 7.95. The Morgan fingerprint density at radius 3 is 1.74 bits per heavy atom. The van der Waals surface area contributed by atoms with Gasteiger partial charge in [-0.2, -0.15) is 0 Å². The molecule has 2 fully saturated rings. The molecule has 0 heterocycles. The quantitative estimate of drug-likeness (QED) is 0.322. The second kappa shape index (κ2) is 11.1. The third-order valence-corrected chi connectivity index (χ3v) is 6.21. The fourth-order valence-electron chi connectivity index (χ4n) is 4.62. The summed E-state index contributed by atoms with van der Waals surface area (Å²) in [5.41, 5.74) is 0. The summed E-state index contributed by atoms with van der Waals surface area (Å²) in [4.78, 5) is 0. The van der Waals surface area contributed by atoms with Crippen LogP contribution in [0.1, 0.15) is 83.5 Å². The zero-order valence-electron chi connectivity index (χ0n) is 15.2. The Balaban J connectivity index is 1.52. The molecule has 0 unspecified atom stereocenters. The summed E-state index contributed by atoms with van der Waals surface area (Å²) < 4.78 is 5.80. The van der Waals surface area contributed by atoms with Gasteiger partial charge >= 0.3 is 0 Å². The van der Waals surface area contributed by atoms with Crippen LogP contribution in [-0.2, 0) is 4.74 Å². The zero-order valence-corrected chi connectivity index (χ0v) is 15.2. The smallest absolute Gasteiger partial charge is 0.0648 e. The van der Waals surface area contributed by atoms with Gasteiger partial charge in [-0.25, -0.2) is 0 Å².